The predicted molar refractivity (Wildman–Crippen MR) is 87.9 cm³/mol. The lowest BCUT2D eigenvalue weighted by Crippen LogP contribution is -2.35. The van der Waals surface area contributed by atoms with E-state index in [1.807, 2.05) is 17.0 Å². The fourth-order valence-electron chi connectivity index (χ4n) is 3.29. The van der Waals surface area contributed by atoms with E-state index in [4.69, 9.17) is 0 Å². The number of nitrogens with zero attached hydrogens (tertiary/aromatic N) is 4. The number of aromatic nitrogens is 5. The number of fused-ring (bicyclic) bond motifs is 1. The highest BCUT2D eigenvalue weighted by molar-refractivity contribution is 5.89. The Hall–Kier alpha value is -2.84. The number of nitrogens with one attached hydrogen (secondary N) is 2. The molecule has 3 heterocycles. The van der Waals surface area contributed by atoms with Crippen LogP contribution in [0.4, 0.5) is 14.6 Å². The Morgan fingerprint density at radius 1 is 1.24 bits per heavy atom. The Kier molecular flexibility index (Phi) is 3.90. The van der Waals surface area contributed by atoms with Crippen molar-refractivity contribution >= 4 is 16.7 Å². The van der Waals surface area contributed by atoms with Gasteiger partial charge in [-0.2, -0.15) is 5.10 Å². The van der Waals surface area contributed by atoms with Crippen molar-refractivity contribution in [2.75, 3.05) is 18.0 Å². The van der Waals surface area contributed by atoms with E-state index in [1.165, 1.54) is 0 Å². The average Bonchev–Trinajstić information content (AvgIpc) is 3.07. The number of piperidine rings is 1. The summed E-state index contributed by atoms with van der Waals surface area (Å²) in [6.45, 7) is 1.25. The van der Waals surface area contributed by atoms with Gasteiger partial charge >= 0.3 is 5.69 Å². The highest BCUT2D eigenvalue weighted by Crippen LogP contribution is 2.32. The van der Waals surface area contributed by atoms with Crippen molar-refractivity contribution < 1.29 is 8.78 Å². The summed E-state index contributed by atoms with van der Waals surface area (Å²) in [5.41, 5.74) is 0.151. The number of H-pyrrole nitrogens is 2. The van der Waals surface area contributed by atoms with Gasteiger partial charge in [-0.3, -0.25) is 4.98 Å². The van der Waals surface area contributed by atoms with Gasteiger partial charge in [0.05, 0.1) is 5.52 Å². The van der Waals surface area contributed by atoms with Gasteiger partial charge in [0.15, 0.2) is 5.82 Å². The minimum absolute atomic E-state index is 0.0106. The molecule has 1 saturated heterocycles. The van der Waals surface area contributed by atoms with Gasteiger partial charge in [-0.25, -0.2) is 28.6 Å². The zero-order valence-corrected chi connectivity index (χ0v) is 13.2. The number of anilines is 1. The third kappa shape index (κ3) is 2.97. The van der Waals surface area contributed by atoms with E-state index in [0.717, 1.165) is 18.2 Å². The molecule has 0 bridgehead atoms. The van der Waals surface area contributed by atoms with Crippen LogP contribution in [0.15, 0.2) is 29.1 Å². The predicted octanol–water partition coefficient (Wildman–Crippen LogP) is 2.36. The fourth-order valence-corrected chi connectivity index (χ4v) is 3.29. The zero-order valence-electron chi connectivity index (χ0n) is 13.2. The normalized spacial score (nSPS) is 18.2. The van der Waals surface area contributed by atoms with Crippen LogP contribution in [0.25, 0.3) is 10.9 Å². The molecule has 0 spiro atoms. The summed E-state index contributed by atoms with van der Waals surface area (Å²) in [6.07, 6.45) is -1.02. The van der Waals surface area contributed by atoms with Crippen LogP contribution < -0.4 is 10.6 Å². The molecule has 2 N–H and O–H groups in total. The van der Waals surface area contributed by atoms with Crippen LogP contribution in [0.1, 0.15) is 36.8 Å². The smallest absolute Gasteiger partial charge is 0.340 e. The molecule has 3 aromatic rings. The molecule has 25 heavy (non-hydrogen) atoms. The van der Waals surface area contributed by atoms with E-state index in [2.05, 4.69) is 25.1 Å². The first kappa shape index (κ1) is 15.7. The first-order valence-corrected chi connectivity index (χ1v) is 8.06. The van der Waals surface area contributed by atoms with Gasteiger partial charge in [0.2, 0.25) is 0 Å². The summed E-state index contributed by atoms with van der Waals surface area (Å²) < 4.78 is 26.4. The van der Waals surface area contributed by atoms with Crippen molar-refractivity contribution in [3.05, 3.63) is 46.4 Å². The van der Waals surface area contributed by atoms with Crippen LogP contribution in [0.3, 0.4) is 0 Å². The second kappa shape index (κ2) is 6.23. The maximum atomic E-state index is 13.2. The minimum Gasteiger partial charge on any atom is -0.355 e. The number of alkyl halides is 2. The molecule has 1 fully saturated rings. The topological polar surface area (TPSA) is 90.6 Å². The number of para-hydroxylation sites is 1. The summed E-state index contributed by atoms with van der Waals surface area (Å²) in [4.78, 5) is 24.0. The van der Waals surface area contributed by atoms with Crippen molar-refractivity contribution in [1.82, 2.24) is 25.1 Å². The van der Waals surface area contributed by atoms with E-state index in [-0.39, 0.29) is 11.6 Å². The van der Waals surface area contributed by atoms with Crippen molar-refractivity contribution in [2.45, 2.75) is 25.2 Å². The molecule has 0 radical (unpaired) electrons. The quantitative estimate of drug-likeness (QED) is 0.760. The number of hydrogen-bond donors (Lipinski definition) is 2. The highest BCUT2D eigenvalue weighted by atomic mass is 19.3. The number of hydrogen-bond acceptors (Lipinski definition) is 5. The molecular formula is C16H16F2N6O. The monoisotopic (exact) mass is 346 g/mol. The standard InChI is InChI=1S/C16H16F2N6O/c17-12(18)14-19-11-6-2-1-5-10(11)15(20-14)24-7-3-4-9(8-24)13-21-16(25)23-22-13/h1-2,5-6,9,12H,3-4,7-8H2,(H2,21,22,23,25)/t9-/m1/s1. The molecule has 2 aromatic heterocycles. The highest BCUT2D eigenvalue weighted by Gasteiger charge is 2.27. The molecule has 1 aromatic carbocycles. The van der Waals surface area contributed by atoms with Gasteiger partial charge in [-0.15, -0.1) is 0 Å². The fraction of sp³-hybridized carbons (Fsp3) is 0.375. The van der Waals surface area contributed by atoms with Crippen LogP contribution in [0.2, 0.25) is 0 Å². The number of benzene rings is 1. The Morgan fingerprint density at radius 3 is 2.84 bits per heavy atom. The van der Waals surface area contributed by atoms with E-state index in [9.17, 15) is 13.6 Å². The second-order valence-electron chi connectivity index (χ2n) is 6.07. The van der Waals surface area contributed by atoms with Crippen molar-refractivity contribution in [3.8, 4) is 0 Å². The summed E-state index contributed by atoms with van der Waals surface area (Å²) in [7, 11) is 0. The second-order valence-corrected chi connectivity index (χ2v) is 6.07. The molecule has 0 unspecified atom stereocenters. The van der Waals surface area contributed by atoms with Crippen LogP contribution in [-0.4, -0.2) is 38.2 Å². The molecule has 0 amide bonds. The number of rotatable bonds is 3. The van der Waals surface area contributed by atoms with Crippen molar-refractivity contribution in [3.63, 3.8) is 0 Å². The third-order valence-electron chi connectivity index (χ3n) is 4.42. The summed E-state index contributed by atoms with van der Waals surface area (Å²) in [5.74, 6) is 0.631. The molecule has 7 nitrogen and oxygen atoms in total. The number of aromatic amines is 2. The SMILES string of the molecule is O=c1[nH]nc([C@@H]2CCCN(c3nc(C(F)F)nc4ccccc34)C2)[nH]1. The lowest BCUT2D eigenvalue weighted by Gasteiger charge is -2.33. The van der Waals surface area contributed by atoms with Gasteiger partial charge in [0.1, 0.15) is 11.6 Å². The summed E-state index contributed by atoms with van der Waals surface area (Å²) >= 11 is 0. The van der Waals surface area contributed by atoms with E-state index < -0.39 is 12.2 Å². The third-order valence-corrected chi connectivity index (χ3v) is 4.42. The molecular weight excluding hydrogens is 330 g/mol. The van der Waals surface area contributed by atoms with E-state index >= 15 is 0 Å². The molecule has 1 aliphatic rings. The van der Waals surface area contributed by atoms with Gasteiger partial charge in [-0.05, 0) is 25.0 Å². The Balaban J connectivity index is 1.74. The molecule has 130 valence electrons. The van der Waals surface area contributed by atoms with Gasteiger partial charge in [0, 0.05) is 24.4 Å². The molecule has 0 saturated carbocycles. The zero-order chi connectivity index (χ0) is 17.4. The molecule has 4 rings (SSSR count). The lowest BCUT2D eigenvalue weighted by molar-refractivity contribution is 0.141. The van der Waals surface area contributed by atoms with Crippen LogP contribution in [-0.2, 0) is 0 Å². The van der Waals surface area contributed by atoms with Gasteiger partial charge in [-0.1, -0.05) is 12.1 Å². The van der Waals surface area contributed by atoms with Crippen LogP contribution in [0, 0.1) is 0 Å². The number of halogens is 2. The Morgan fingerprint density at radius 2 is 2.08 bits per heavy atom. The summed E-state index contributed by atoms with van der Waals surface area (Å²) in [5, 5.41) is 7.11. The maximum Gasteiger partial charge on any atom is 0.340 e. The largest absolute Gasteiger partial charge is 0.355 e. The molecule has 1 aliphatic heterocycles. The summed E-state index contributed by atoms with van der Waals surface area (Å²) in [6, 6.07) is 7.14. The van der Waals surface area contributed by atoms with E-state index in [0.29, 0.717) is 30.2 Å². The van der Waals surface area contributed by atoms with Gasteiger partial charge in [0.25, 0.3) is 6.43 Å². The lowest BCUT2D eigenvalue weighted by atomic mass is 9.97. The molecule has 9 heteroatoms. The first-order chi connectivity index (χ1) is 12.1. The molecule has 1 atom stereocenters. The van der Waals surface area contributed by atoms with Crippen LogP contribution >= 0.6 is 0 Å². The molecule has 0 aliphatic carbocycles. The van der Waals surface area contributed by atoms with Crippen molar-refractivity contribution in [1.29, 1.82) is 0 Å². The maximum absolute atomic E-state index is 13.2. The van der Waals surface area contributed by atoms with Gasteiger partial charge < -0.3 is 4.90 Å². The van der Waals surface area contributed by atoms with E-state index in [1.54, 1.807) is 12.1 Å². The van der Waals surface area contributed by atoms with Crippen LogP contribution in [0.5, 0.6) is 0 Å². The minimum atomic E-state index is -2.73. The first-order valence-electron chi connectivity index (χ1n) is 8.06. The van der Waals surface area contributed by atoms with Crippen molar-refractivity contribution in [2.24, 2.45) is 0 Å². The average molecular weight is 346 g/mol. The Bertz CT molecular complexity index is 953. The Labute approximate surface area is 141 Å².